The zero-order valence-electron chi connectivity index (χ0n) is 14.6. The van der Waals surface area contributed by atoms with Crippen LogP contribution in [0, 0.1) is 0 Å². The molecule has 0 aliphatic carbocycles. The lowest BCUT2D eigenvalue weighted by atomic mass is 10.0. The molecule has 2 amide bonds. The Labute approximate surface area is 162 Å². The van der Waals surface area contributed by atoms with Crippen molar-refractivity contribution in [3.05, 3.63) is 22.3 Å². The van der Waals surface area contributed by atoms with E-state index in [2.05, 4.69) is 15.5 Å². The number of carboxylic acids is 1. The molecule has 144 valence electrons. The average Bonchev–Trinajstić information content (AvgIpc) is 3.05. The number of nitrogens with two attached hydrogens (primary N) is 1. The first-order valence-corrected chi connectivity index (χ1v) is 9.64. The molecule has 0 aromatic carbocycles. The largest absolute Gasteiger partial charge is 0.477 e. The smallest absolute Gasteiger partial charge is 0.352 e. The lowest BCUT2D eigenvalue weighted by Crippen LogP contribution is -2.71. The number of nitrogens with one attached hydrogen (secondary N) is 1. The van der Waals surface area contributed by atoms with E-state index in [1.54, 1.807) is 12.3 Å². The van der Waals surface area contributed by atoms with Gasteiger partial charge in [-0.15, -0.1) is 23.1 Å². The van der Waals surface area contributed by atoms with Crippen molar-refractivity contribution in [2.24, 2.45) is 5.16 Å². The second kappa shape index (κ2) is 7.19. The van der Waals surface area contributed by atoms with Crippen LogP contribution in [0.15, 0.2) is 21.8 Å². The Morgan fingerprint density at radius 1 is 1.48 bits per heavy atom. The predicted octanol–water partition coefficient (Wildman–Crippen LogP) is 0.223. The van der Waals surface area contributed by atoms with Crippen LogP contribution in [0.1, 0.15) is 19.5 Å². The zero-order chi connectivity index (χ0) is 19.9. The number of aliphatic carboxylic acids is 1. The van der Waals surface area contributed by atoms with Crippen LogP contribution < -0.4 is 11.1 Å². The Balaban J connectivity index is 1.81. The normalized spacial score (nSPS) is 25.0. The van der Waals surface area contributed by atoms with Gasteiger partial charge in [0.05, 0.1) is 0 Å². The summed E-state index contributed by atoms with van der Waals surface area (Å²) in [6, 6.07) is -0.870. The van der Waals surface area contributed by atoms with Crippen LogP contribution >= 0.6 is 23.1 Å². The van der Waals surface area contributed by atoms with Crippen molar-refractivity contribution in [3.63, 3.8) is 0 Å². The molecule has 12 heteroatoms. The lowest BCUT2D eigenvalue weighted by Gasteiger charge is -2.50. The van der Waals surface area contributed by atoms with E-state index in [0.29, 0.717) is 5.57 Å². The summed E-state index contributed by atoms with van der Waals surface area (Å²) < 4.78 is 0. The number of β-lactam (4-membered cyclic amide) rings is 1. The summed E-state index contributed by atoms with van der Waals surface area (Å²) in [5.41, 5.74) is 6.29. The van der Waals surface area contributed by atoms with Gasteiger partial charge in [-0.05, 0) is 19.4 Å². The van der Waals surface area contributed by atoms with E-state index in [0.717, 1.165) is 11.3 Å². The number of nitrogens with zero attached hydrogens (tertiary/aromatic N) is 3. The van der Waals surface area contributed by atoms with E-state index in [4.69, 9.17) is 10.6 Å². The number of hydrogen-bond acceptors (Lipinski definition) is 9. The van der Waals surface area contributed by atoms with Gasteiger partial charge in [0, 0.05) is 10.6 Å². The van der Waals surface area contributed by atoms with Gasteiger partial charge < -0.3 is 21.0 Å². The number of nitrogen functional groups attached to an aromatic ring is 1. The SMILES string of the molecule is CO/N=C(/C(=O)NC1C(=O)N2C(C(=O)O)=C(C)C(C)SC12)c1csc(N)n1. The summed E-state index contributed by atoms with van der Waals surface area (Å²) in [6.45, 7) is 3.55. The number of oxime groups is 1. The Morgan fingerprint density at radius 3 is 2.74 bits per heavy atom. The molecule has 1 aromatic rings. The highest BCUT2D eigenvalue weighted by Crippen LogP contribution is 2.43. The van der Waals surface area contributed by atoms with Crippen LogP contribution in [0.25, 0.3) is 0 Å². The molecule has 3 unspecified atom stereocenters. The summed E-state index contributed by atoms with van der Waals surface area (Å²) >= 11 is 2.55. The number of thiazole rings is 1. The van der Waals surface area contributed by atoms with Crippen molar-refractivity contribution >= 4 is 51.7 Å². The van der Waals surface area contributed by atoms with E-state index < -0.39 is 29.2 Å². The standard InChI is InChI=1S/C15H17N5O5S2/c1-5-6(2)27-13-9(12(22)20(13)10(5)14(23)24)18-11(21)8(19-25-3)7-4-26-15(16)17-7/h4,6,9,13H,1-3H3,(H2,16,17)(H,18,21)(H,23,24)/b19-8+. The minimum Gasteiger partial charge on any atom is -0.477 e. The molecule has 0 bridgehead atoms. The number of hydrogen-bond donors (Lipinski definition) is 3. The van der Waals surface area contributed by atoms with Crippen molar-refractivity contribution in [1.82, 2.24) is 15.2 Å². The number of carbonyl (C=O) groups is 3. The molecule has 3 atom stereocenters. The number of fused-ring (bicyclic) bond motifs is 1. The number of carbonyl (C=O) groups excluding carboxylic acids is 2. The third kappa shape index (κ3) is 3.25. The molecule has 27 heavy (non-hydrogen) atoms. The van der Waals surface area contributed by atoms with Crippen LogP contribution in [0.3, 0.4) is 0 Å². The molecule has 1 aromatic heterocycles. The van der Waals surface area contributed by atoms with Gasteiger partial charge in [0.2, 0.25) is 0 Å². The molecular weight excluding hydrogens is 394 g/mol. The van der Waals surface area contributed by atoms with Crippen molar-refractivity contribution in [2.45, 2.75) is 30.5 Å². The molecule has 4 N–H and O–H groups in total. The summed E-state index contributed by atoms with van der Waals surface area (Å²) in [4.78, 5) is 46.6. The molecule has 2 aliphatic heterocycles. The summed E-state index contributed by atoms with van der Waals surface area (Å²) in [7, 11) is 1.28. The second-order valence-electron chi connectivity index (χ2n) is 5.86. The highest BCUT2D eigenvalue weighted by atomic mass is 32.2. The van der Waals surface area contributed by atoms with Crippen LogP contribution in [0.5, 0.6) is 0 Å². The van der Waals surface area contributed by atoms with Gasteiger partial charge >= 0.3 is 5.97 Å². The van der Waals surface area contributed by atoms with Gasteiger partial charge in [-0.1, -0.05) is 5.16 Å². The maximum absolute atomic E-state index is 12.6. The number of aromatic nitrogens is 1. The van der Waals surface area contributed by atoms with E-state index in [-0.39, 0.29) is 27.5 Å². The van der Waals surface area contributed by atoms with Gasteiger partial charge in [0.15, 0.2) is 10.8 Å². The van der Waals surface area contributed by atoms with E-state index >= 15 is 0 Å². The van der Waals surface area contributed by atoms with Crippen molar-refractivity contribution < 1.29 is 24.3 Å². The number of amides is 2. The fraction of sp³-hybridized carbons (Fsp3) is 0.400. The first-order valence-electron chi connectivity index (χ1n) is 7.82. The maximum atomic E-state index is 12.6. The highest BCUT2D eigenvalue weighted by Gasteiger charge is 2.55. The predicted molar refractivity (Wildman–Crippen MR) is 100 cm³/mol. The minimum atomic E-state index is -1.16. The molecule has 1 saturated heterocycles. The fourth-order valence-corrected chi connectivity index (χ4v) is 4.80. The molecule has 0 spiro atoms. The van der Waals surface area contributed by atoms with Crippen LogP contribution in [0.2, 0.25) is 0 Å². The Hall–Kier alpha value is -2.60. The van der Waals surface area contributed by atoms with Gasteiger partial charge in [-0.3, -0.25) is 14.5 Å². The van der Waals surface area contributed by atoms with Gasteiger partial charge in [-0.2, -0.15) is 0 Å². The summed E-state index contributed by atoms with van der Waals surface area (Å²) in [5, 5.41) is 16.9. The van der Waals surface area contributed by atoms with Crippen LogP contribution in [0.4, 0.5) is 5.13 Å². The number of carboxylic acid groups (broad SMARTS) is 1. The third-order valence-corrected chi connectivity index (χ3v) is 6.46. The zero-order valence-corrected chi connectivity index (χ0v) is 16.3. The maximum Gasteiger partial charge on any atom is 0.352 e. The Morgan fingerprint density at radius 2 is 2.19 bits per heavy atom. The fourth-order valence-electron chi connectivity index (χ4n) is 2.84. The van der Waals surface area contributed by atoms with E-state index in [1.807, 2.05) is 6.92 Å². The molecule has 0 saturated carbocycles. The van der Waals surface area contributed by atoms with E-state index in [1.165, 1.54) is 23.8 Å². The topological polar surface area (TPSA) is 147 Å². The first-order chi connectivity index (χ1) is 12.8. The second-order valence-corrected chi connectivity index (χ2v) is 8.21. The number of rotatable bonds is 5. The van der Waals surface area contributed by atoms with Crippen LogP contribution in [-0.2, 0) is 19.2 Å². The Kier molecular flexibility index (Phi) is 5.11. The van der Waals surface area contributed by atoms with Gasteiger partial charge in [0.25, 0.3) is 11.8 Å². The monoisotopic (exact) mass is 411 g/mol. The van der Waals surface area contributed by atoms with Crippen molar-refractivity contribution in [1.29, 1.82) is 0 Å². The highest BCUT2D eigenvalue weighted by molar-refractivity contribution is 8.00. The van der Waals surface area contributed by atoms with Crippen molar-refractivity contribution in [3.8, 4) is 0 Å². The molecule has 1 fully saturated rings. The summed E-state index contributed by atoms with van der Waals surface area (Å²) in [5.74, 6) is -2.31. The molecule has 3 rings (SSSR count). The molecular formula is C15H17N5O5S2. The summed E-state index contributed by atoms with van der Waals surface area (Å²) in [6.07, 6.45) is 0. The molecule has 10 nitrogen and oxygen atoms in total. The number of anilines is 1. The third-order valence-electron chi connectivity index (χ3n) is 4.26. The van der Waals surface area contributed by atoms with E-state index in [9.17, 15) is 19.5 Å². The average molecular weight is 411 g/mol. The molecule has 2 aliphatic rings. The Bertz CT molecular complexity index is 880. The van der Waals surface area contributed by atoms with Crippen LogP contribution in [-0.4, -0.2) is 62.3 Å². The van der Waals surface area contributed by atoms with Crippen molar-refractivity contribution in [2.75, 3.05) is 12.8 Å². The molecule has 3 heterocycles. The minimum absolute atomic E-state index is 0.0280. The van der Waals surface area contributed by atoms with Gasteiger partial charge in [-0.25, -0.2) is 9.78 Å². The lowest BCUT2D eigenvalue weighted by molar-refractivity contribution is -0.150. The quantitative estimate of drug-likeness (QED) is 0.354. The van der Waals surface area contributed by atoms with Gasteiger partial charge in [0.1, 0.15) is 29.9 Å². The molecule has 0 radical (unpaired) electrons. The number of thioether (sulfide) groups is 1. The first kappa shape index (κ1) is 19.2.